The van der Waals surface area contributed by atoms with Crippen LogP contribution in [0.15, 0.2) is 12.1 Å². The van der Waals surface area contributed by atoms with Gasteiger partial charge in [0.1, 0.15) is 12.4 Å². The van der Waals surface area contributed by atoms with Crippen LogP contribution in [-0.2, 0) is 11.3 Å². The summed E-state index contributed by atoms with van der Waals surface area (Å²) in [5.74, 6) is 0.567. The highest BCUT2D eigenvalue weighted by Gasteiger charge is 2.24. The molecule has 116 valence electrons. The molecule has 1 aromatic rings. The summed E-state index contributed by atoms with van der Waals surface area (Å²) in [4.78, 5) is 11.0. The monoisotopic (exact) mass is 332 g/mol. The van der Waals surface area contributed by atoms with E-state index in [1.165, 1.54) is 0 Å². The van der Waals surface area contributed by atoms with Crippen LogP contribution in [0.25, 0.3) is 0 Å². The number of nitrogens with one attached hydrogen (secondary N) is 2. The lowest BCUT2D eigenvalue weighted by Gasteiger charge is -2.17. The Morgan fingerprint density at radius 1 is 1.48 bits per heavy atom. The zero-order valence-corrected chi connectivity index (χ0v) is 13.4. The number of hydrogen-bond acceptors (Lipinski definition) is 4. The van der Waals surface area contributed by atoms with Gasteiger partial charge in [-0.3, -0.25) is 0 Å². The minimum atomic E-state index is -0.424. The van der Waals surface area contributed by atoms with Crippen LogP contribution in [0.4, 0.5) is 4.79 Å². The molecule has 0 aromatic heterocycles. The molecule has 1 atom stereocenters. The van der Waals surface area contributed by atoms with Crippen LogP contribution < -0.4 is 15.4 Å². The molecule has 1 amide bonds. The lowest BCUT2D eigenvalue weighted by atomic mass is 10.2. The standard InChI is InChI=1S/C14H18Cl2N2O3/c1-8(2)17-5-9-3-10(15)4-12(16)13(9)20-7-11-6-18-14(19)21-11/h3-4,8,11,17H,5-7H2,1-2H3,(H,18,19). The third kappa shape index (κ3) is 4.66. The third-order valence-electron chi connectivity index (χ3n) is 2.95. The molecule has 1 fully saturated rings. The largest absolute Gasteiger partial charge is 0.488 e. The molecule has 1 aliphatic rings. The van der Waals surface area contributed by atoms with Crippen molar-refractivity contribution < 1.29 is 14.3 Å². The van der Waals surface area contributed by atoms with Crippen molar-refractivity contribution in [1.29, 1.82) is 0 Å². The van der Waals surface area contributed by atoms with Crippen LogP contribution in [0, 0.1) is 0 Å². The van der Waals surface area contributed by atoms with Gasteiger partial charge in [0.15, 0.2) is 6.10 Å². The van der Waals surface area contributed by atoms with Gasteiger partial charge in [0.2, 0.25) is 0 Å². The third-order valence-corrected chi connectivity index (χ3v) is 3.45. The summed E-state index contributed by atoms with van der Waals surface area (Å²) in [6.07, 6.45) is -0.734. The first-order valence-corrected chi connectivity index (χ1v) is 7.50. The molecule has 2 N–H and O–H groups in total. The van der Waals surface area contributed by atoms with Crippen molar-refractivity contribution in [1.82, 2.24) is 10.6 Å². The second-order valence-electron chi connectivity index (χ2n) is 5.13. The molecule has 1 unspecified atom stereocenters. The molecule has 7 heteroatoms. The van der Waals surface area contributed by atoms with Crippen molar-refractivity contribution in [2.45, 2.75) is 32.5 Å². The Morgan fingerprint density at radius 2 is 2.24 bits per heavy atom. The highest BCUT2D eigenvalue weighted by molar-refractivity contribution is 6.35. The van der Waals surface area contributed by atoms with E-state index >= 15 is 0 Å². The molecule has 0 bridgehead atoms. The number of ether oxygens (including phenoxy) is 2. The Hall–Kier alpha value is -1.17. The van der Waals surface area contributed by atoms with Crippen molar-refractivity contribution in [3.05, 3.63) is 27.7 Å². The molecule has 1 aliphatic heterocycles. The Labute approximate surface area is 133 Å². The zero-order valence-electron chi connectivity index (χ0n) is 11.9. The lowest BCUT2D eigenvalue weighted by Crippen LogP contribution is -2.24. The topological polar surface area (TPSA) is 59.6 Å². The van der Waals surface area contributed by atoms with E-state index < -0.39 is 6.09 Å². The molecule has 21 heavy (non-hydrogen) atoms. The number of hydrogen-bond donors (Lipinski definition) is 2. The number of carbonyl (C=O) groups excluding carboxylic acids is 1. The molecule has 1 aromatic carbocycles. The highest BCUT2D eigenvalue weighted by atomic mass is 35.5. The van der Waals surface area contributed by atoms with Crippen LogP contribution in [0.5, 0.6) is 5.75 Å². The van der Waals surface area contributed by atoms with Gasteiger partial charge >= 0.3 is 6.09 Å². The van der Waals surface area contributed by atoms with Gasteiger partial charge in [0, 0.05) is 23.2 Å². The summed E-state index contributed by atoms with van der Waals surface area (Å²) in [5.41, 5.74) is 0.874. The quantitative estimate of drug-likeness (QED) is 0.840. The van der Waals surface area contributed by atoms with Crippen LogP contribution >= 0.6 is 23.2 Å². The van der Waals surface area contributed by atoms with Crippen molar-refractivity contribution in [2.75, 3.05) is 13.2 Å². The summed E-state index contributed by atoms with van der Waals surface area (Å²) in [5, 5.41) is 6.88. The number of rotatable bonds is 6. The molecule has 1 heterocycles. The van der Waals surface area contributed by atoms with Gasteiger partial charge in [-0.15, -0.1) is 0 Å². The molecule has 2 rings (SSSR count). The van der Waals surface area contributed by atoms with Gasteiger partial charge in [0.05, 0.1) is 11.6 Å². The Bertz CT molecular complexity index is 523. The SMILES string of the molecule is CC(C)NCc1cc(Cl)cc(Cl)c1OCC1CNC(=O)O1. The van der Waals surface area contributed by atoms with Gasteiger partial charge in [-0.05, 0) is 12.1 Å². The highest BCUT2D eigenvalue weighted by Crippen LogP contribution is 2.32. The van der Waals surface area contributed by atoms with Gasteiger partial charge in [-0.2, -0.15) is 0 Å². The van der Waals surface area contributed by atoms with Gasteiger partial charge < -0.3 is 20.1 Å². The first-order chi connectivity index (χ1) is 9.95. The molecule has 0 spiro atoms. The maximum Gasteiger partial charge on any atom is 0.407 e. The molecule has 0 aliphatic carbocycles. The maximum absolute atomic E-state index is 11.0. The summed E-state index contributed by atoms with van der Waals surface area (Å²) >= 11 is 12.2. The molecular weight excluding hydrogens is 315 g/mol. The fraction of sp³-hybridized carbons (Fsp3) is 0.500. The molecule has 5 nitrogen and oxygen atoms in total. The average Bonchev–Trinajstić information content (AvgIpc) is 2.80. The maximum atomic E-state index is 11.0. The van der Waals surface area contributed by atoms with E-state index in [9.17, 15) is 4.79 Å². The molecule has 1 saturated heterocycles. The average molecular weight is 333 g/mol. The van der Waals surface area contributed by atoms with E-state index in [0.29, 0.717) is 34.9 Å². The van der Waals surface area contributed by atoms with Crippen LogP contribution in [0.2, 0.25) is 10.0 Å². The number of amides is 1. The molecular formula is C14H18Cl2N2O3. The van der Waals surface area contributed by atoms with Crippen molar-refractivity contribution in [3.8, 4) is 5.75 Å². The van der Waals surface area contributed by atoms with E-state index in [4.69, 9.17) is 32.7 Å². The van der Waals surface area contributed by atoms with E-state index in [-0.39, 0.29) is 12.7 Å². The minimum Gasteiger partial charge on any atom is -0.488 e. The lowest BCUT2D eigenvalue weighted by molar-refractivity contribution is 0.104. The Morgan fingerprint density at radius 3 is 2.86 bits per heavy atom. The number of halogens is 2. The van der Waals surface area contributed by atoms with E-state index in [0.717, 1.165) is 5.56 Å². The summed E-state index contributed by atoms with van der Waals surface area (Å²) in [6, 6.07) is 3.78. The first-order valence-electron chi connectivity index (χ1n) is 6.74. The van der Waals surface area contributed by atoms with Gasteiger partial charge in [-0.1, -0.05) is 37.0 Å². The minimum absolute atomic E-state index is 0.245. The number of carbonyl (C=O) groups is 1. The van der Waals surface area contributed by atoms with Crippen molar-refractivity contribution >= 4 is 29.3 Å². The predicted molar refractivity (Wildman–Crippen MR) is 82.2 cm³/mol. The first kappa shape index (κ1) is 16.2. The number of benzene rings is 1. The van der Waals surface area contributed by atoms with E-state index in [1.54, 1.807) is 6.07 Å². The van der Waals surface area contributed by atoms with E-state index in [1.807, 2.05) is 6.07 Å². The van der Waals surface area contributed by atoms with Gasteiger partial charge in [0.25, 0.3) is 0 Å². The fourth-order valence-electron chi connectivity index (χ4n) is 1.92. The summed E-state index contributed by atoms with van der Waals surface area (Å²) < 4.78 is 10.8. The van der Waals surface area contributed by atoms with E-state index in [2.05, 4.69) is 24.5 Å². The second-order valence-corrected chi connectivity index (χ2v) is 5.97. The van der Waals surface area contributed by atoms with Crippen molar-refractivity contribution in [3.63, 3.8) is 0 Å². The zero-order chi connectivity index (χ0) is 15.4. The Balaban J connectivity index is 2.07. The predicted octanol–water partition coefficient (Wildman–Crippen LogP) is 2.98. The summed E-state index contributed by atoms with van der Waals surface area (Å²) in [6.45, 7) is 5.38. The van der Waals surface area contributed by atoms with Crippen LogP contribution in [0.3, 0.4) is 0 Å². The number of alkyl carbamates (subject to hydrolysis) is 1. The summed E-state index contributed by atoms with van der Waals surface area (Å²) in [7, 11) is 0. The van der Waals surface area contributed by atoms with Crippen LogP contribution in [-0.4, -0.2) is 31.4 Å². The normalized spacial score (nSPS) is 17.8. The number of cyclic esters (lactones) is 1. The van der Waals surface area contributed by atoms with Gasteiger partial charge in [-0.25, -0.2) is 4.79 Å². The molecule has 0 saturated carbocycles. The fourth-order valence-corrected chi connectivity index (χ4v) is 2.51. The smallest absolute Gasteiger partial charge is 0.407 e. The van der Waals surface area contributed by atoms with Crippen molar-refractivity contribution in [2.24, 2.45) is 0 Å². The van der Waals surface area contributed by atoms with Crippen LogP contribution in [0.1, 0.15) is 19.4 Å². The Kier molecular flexibility index (Phi) is 5.56. The molecule has 0 radical (unpaired) electrons. The second kappa shape index (κ2) is 7.20.